The Bertz CT molecular complexity index is 594. The zero-order valence-corrected chi connectivity index (χ0v) is 18.9. The lowest BCUT2D eigenvalue weighted by Gasteiger charge is -2.24. The first-order chi connectivity index (χ1) is 11.3. The Morgan fingerprint density at radius 3 is 2.48 bits per heavy atom. The van der Waals surface area contributed by atoms with Gasteiger partial charge in [0.15, 0.2) is 5.96 Å². The number of rotatable bonds is 7. The minimum Gasteiger partial charge on any atom is -0.359 e. The highest BCUT2D eigenvalue weighted by Gasteiger charge is 2.26. The van der Waals surface area contributed by atoms with E-state index < -0.39 is 5.41 Å². The number of nitrogens with one attached hydrogen (secondary N) is 3. The van der Waals surface area contributed by atoms with Gasteiger partial charge in [-0.3, -0.25) is 9.79 Å². The number of benzene rings is 1. The third-order valence-corrected chi connectivity index (χ3v) is 4.28. The first kappa shape index (κ1) is 24.3. The molecule has 1 aromatic rings. The molecule has 0 heterocycles. The molecule has 0 radical (unpaired) electrons. The van der Waals surface area contributed by atoms with E-state index in [1.165, 1.54) is 0 Å². The lowest BCUT2D eigenvalue weighted by atomic mass is 9.92. The molecule has 0 spiro atoms. The molecule has 0 aliphatic carbocycles. The molecule has 0 aliphatic heterocycles. The monoisotopic (exact) mass is 500 g/mol. The molecule has 142 valence electrons. The average molecular weight is 501 g/mol. The lowest BCUT2D eigenvalue weighted by Crippen LogP contribution is -2.47. The summed E-state index contributed by atoms with van der Waals surface area (Å²) >= 11 is 12.1. The van der Waals surface area contributed by atoms with E-state index in [2.05, 4.69) is 20.9 Å². The molecule has 8 heteroatoms. The minimum atomic E-state index is -0.511. The average Bonchev–Trinajstić information content (AvgIpc) is 2.54. The predicted molar refractivity (Wildman–Crippen MR) is 117 cm³/mol. The van der Waals surface area contributed by atoms with Gasteiger partial charge in [0.05, 0.1) is 5.41 Å². The van der Waals surface area contributed by atoms with Crippen molar-refractivity contribution in [3.63, 3.8) is 0 Å². The van der Waals surface area contributed by atoms with Crippen molar-refractivity contribution in [2.45, 2.75) is 26.7 Å². The van der Waals surface area contributed by atoms with E-state index in [0.717, 1.165) is 24.9 Å². The van der Waals surface area contributed by atoms with Crippen LogP contribution in [0, 0.1) is 5.41 Å². The fourth-order valence-electron chi connectivity index (χ4n) is 2.15. The maximum atomic E-state index is 11.8. The highest BCUT2D eigenvalue weighted by molar-refractivity contribution is 14.0. The quantitative estimate of drug-likeness (QED) is 0.232. The minimum absolute atomic E-state index is 0. The van der Waals surface area contributed by atoms with Crippen LogP contribution in [0.2, 0.25) is 10.0 Å². The van der Waals surface area contributed by atoms with Gasteiger partial charge in [-0.15, -0.1) is 24.0 Å². The molecule has 0 fully saturated rings. The van der Waals surface area contributed by atoms with Crippen LogP contribution in [0.25, 0.3) is 0 Å². The third kappa shape index (κ3) is 8.46. The number of amides is 1. The predicted octanol–water partition coefficient (Wildman–Crippen LogP) is 3.48. The Balaban J connectivity index is 0.00000576. The normalized spacial score (nSPS) is 11.5. The number of halogens is 3. The molecule has 1 rings (SSSR count). The Morgan fingerprint density at radius 2 is 1.92 bits per heavy atom. The summed E-state index contributed by atoms with van der Waals surface area (Å²) in [5, 5.41) is 10.4. The summed E-state index contributed by atoms with van der Waals surface area (Å²) in [5.41, 5.74) is 0.565. The van der Waals surface area contributed by atoms with Gasteiger partial charge in [0.1, 0.15) is 0 Å². The maximum absolute atomic E-state index is 11.8. The van der Waals surface area contributed by atoms with Crippen LogP contribution in [0.5, 0.6) is 0 Å². The molecule has 5 nitrogen and oxygen atoms in total. The number of carbonyl (C=O) groups is 1. The smallest absolute Gasteiger partial charge is 0.227 e. The van der Waals surface area contributed by atoms with E-state index in [4.69, 9.17) is 23.2 Å². The number of hydrogen-bond donors (Lipinski definition) is 3. The third-order valence-electron chi connectivity index (χ3n) is 3.69. The van der Waals surface area contributed by atoms with Gasteiger partial charge in [-0.2, -0.15) is 0 Å². The summed E-state index contributed by atoms with van der Waals surface area (Å²) in [6.07, 6.45) is 1.75. The van der Waals surface area contributed by atoms with E-state index in [1.54, 1.807) is 20.2 Å². The fourth-order valence-corrected chi connectivity index (χ4v) is 2.66. The first-order valence-electron chi connectivity index (χ1n) is 7.91. The molecule has 1 aromatic carbocycles. The first-order valence-corrected chi connectivity index (χ1v) is 8.66. The summed E-state index contributed by atoms with van der Waals surface area (Å²) in [6.45, 7) is 5.01. The van der Waals surface area contributed by atoms with E-state index in [9.17, 15) is 4.79 Å². The van der Waals surface area contributed by atoms with Gasteiger partial charge < -0.3 is 16.0 Å². The van der Waals surface area contributed by atoms with E-state index in [-0.39, 0.29) is 29.9 Å². The molecular formula is C17H27Cl2IN4O. The maximum Gasteiger partial charge on any atom is 0.227 e. The van der Waals surface area contributed by atoms with Crippen molar-refractivity contribution in [2.75, 3.05) is 27.2 Å². The van der Waals surface area contributed by atoms with E-state index >= 15 is 0 Å². The molecule has 1 amide bonds. The van der Waals surface area contributed by atoms with Gasteiger partial charge in [-0.25, -0.2) is 0 Å². The number of nitrogens with zero attached hydrogens (tertiary/aromatic N) is 1. The Kier molecular flexibility index (Phi) is 11.5. The van der Waals surface area contributed by atoms with Gasteiger partial charge in [-0.1, -0.05) is 29.3 Å². The highest BCUT2D eigenvalue weighted by atomic mass is 127. The number of carbonyl (C=O) groups excluding carboxylic acids is 1. The standard InChI is InChI=1S/C17H26Cl2N4O.HI/c1-17(2,15(24)20-3)11-23-16(21-4)22-9-5-6-12-7-8-13(18)10-14(12)19;/h7-8,10H,5-6,9,11H2,1-4H3,(H,20,24)(H2,21,22,23);1H. The van der Waals surface area contributed by atoms with Crippen molar-refractivity contribution in [3.05, 3.63) is 33.8 Å². The topological polar surface area (TPSA) is 65.5 Å². The van der Waals surface area contributed by atoms with Crippen molar-refractivity contribution in [3.8, 4) is 0 Å². The molecule has 0 bridgehead atoms. The summed E-state index contributed by atoms with van der Waals surface area (Å²) in [5.74, 6) is 0.664. The lowest BCUT2D eigenvalue weighted by molar-refractivity contribution is -0.128. The van der Waals surface area contributed by atoms with Crippen LogP contribution in [-0.2, 0) is 11.2 Å². The molecule has 3 N–H and O–H groups in total. The number of guanidine groups is 1. The Morgan fingerprint density at radius 1 is 1.24 bits per heavy atom. The van der Waals surface area contributed by atoms with E-state index in [1.807, 2.05) is 26.0 Å². The Hall–Kier alpha value is -0.730. The van der Waals surface area contributed by atoms with Crippen LogP contribution in [0.4, 0.5) is 0 Å². The van der Waals surface area contributed by atoms with Gasteiger partial charge in [-0.05, 0) is 44.4 Å². The largest absolute Gasteiger partial charge is 0.359 e. The van der Waals surface area contributed by atoms with Gasteiger partial charge in [0.2, 0.25) is 5.91 Å². The van der Waals surface area contributed by atoms with Crippen LogP contribution < -0.4 is 16.0 Å². The van der Waals surface area contributed by atoms with E-state index in [0.29, 0.717) is 22.5 Å². The van der Waals surface area contributed by atoms with Gasteiger partial charge in [0.25, 0.3) is 0 Å². The van der Waals surface area contributed by atoms with Crippen molar-refractivity contribution in [1.82, 2.24) is 16.0 Å². The van der Waals surface area contributed by atoms with Crippen molar-refractivity contribution in [2.24, 2.45) is 10.4 Å². The van der Waals surface area contributed by atoms with Crippen LogP contribution in [0.1, 0.15) is 25.8 Å². The fraction of sp³-hybridized carbons (Fsp3) is 0.529. The molecule has 0 atom stereocenters. The van der Waals surface area contributed by atoms with Crippen molar-refractivity contribution >= 4 is 59.0 Å². The molecular weight excluding hydrogens is 474 g/mol. The van der Waals surface area contributed by atoms with Crippen LogP contribution in [0.15, 0.2) is 23.2 Å². The number of aliphatic imine (C=N–C) groups is 1. The summed E-state index contributed by atoms with van der Waals surface area (Å²) in [4.78, 5) is 15.9. The van der Waals surface area contributed by atoms with Crippen LogP contribution in [0.3, 0.4) is 0 Å². The summed E-state index contributed by atoms with van der Waals surface area (Å²) < 4.78 is 0. The number of hydrogen-bond acceptors (Lipinski definition) is 2. The summed E-state index contributed by atoms with van der Waals surface area (Å²) in [6, 6.07) is 5.55. The molecule has 0 aromatic heterocycles. The van der Waals surface area contributed by atoms with Crippen LogP contribution in [-0.4, -0.2) is 39.1 Å². The summed E-state index contributed by atoms with van der Waals surface area (Å²) in [7, 11) is 3.34. The van der Waals surface area contributed by atoms with Gasteiger partial charge in [0, 0.05) is 37.2 Å². The second-order valence-corrected chi connectivity index (χ2v) is 7.00. The molecule has 0 saturated carbocycles. The van der Waals surface area contributed by atoms with Gasteiger partial charge >= 0.3 is 0 Å². The molecule has 0 saturated heterocycles. The zero-order chi connectivity index (χ0) is 18.2. The molecule has 25 heavy (non-hydrogen) atoms. The molecule has 0 unspecified atom stereocenters. The SMILES string of the molecule is CN=C(NCCCc1ccc(Cl)cc1Cl)NCC(C)(C)C(=O)NC.I. The Labute approximate surface area is 177 Å². The zero-order valence-electron chi connectivity index (χ0n) is 15.1. The number of aryl methyl sites for hydroxylation is 1. The van der Waals surface area contributed by atoms with Crippen molar-refractivity contribution < 1.29 is 4.79 Å². The highest BCUT2D eigenvalue weighted by Crippen LogP contribution is 2.21. The molecule has 0 aliphatic rings. The van der Waals surface area contributed by atoms with Crippen LogP contribution >= 0.6 is 47.2 Å². The second-order valence-electron chi connectivity index (χ2n) is 6.15. The second kappa shape index (κ2) is 11.8. The van der Waals surface area contributed by atoms with Crippen molar-refractivity contribution in [1.29, 1.82) is 0 Å².